The average molecular weight is 291 g/mol. The predicted octanol–water partition coefficient (Wildman–Crippen LogP) is 1.95. The van der Waals surface area contributed by atoms with Crippen LogP contribution in [0.15, 0.2) is 24.3 Å². The minimum atomic E-state index is -0.952. The van der Waals surface area contributed by atoms with Gasteiger partial charge < -0.3 is 14.7 Å². The van der Waals surface area contributed by atoms with Gasteiger partial charge in [0.15, 0.2) is 0 Å². The fourth-order valence-electron chi connectivity index (χ4n) is 2.73. The zero-order valence-electron chi connectivity index (χ0n) is 12.4. The van der Waals surface area contributed by atoms with E-state index in [1.807, 2.05) is 18.7 Å². The van der Waals surface area contributed by atoms with E-state index in [2.05, 4.69) is 0 Å². The molecule has 5 nitrogen and oxygen atoms in total. The van der Waals surface area contributed by atoms with E-state index in [1.54, 1.807) is 24.3 Å². The standard InChI is InChI=1S/C16H21NO4/c1-11-9-17(10-12(2)21-11)15(18)8-7-13-5-3-4-6-14(13)16(19)20/h3-6,11-12H,7-10H2,1-2H3,(H,19,20)/t11-,12+. The van der Waals surface area contributed by atoms with Gasteiger partial charge >= 0.3 is 5.97 Å². The maximum Gasteiger partial charge on any atom is 0.335 e. The van der Waals surface area contributed by atoms with Gasteiger partial charge in [0.1, 0.15) is 0 Å². The highest BCUT2D eigenvalue weighted by Gasteiger charge is 2.25. The summed E-state index contributed by atoms with van der Waals surface area (Å²) in [6.45, 7) is 5.11. The second-order valence-electron chi connectivity index (χ2n) is 5.52. The molecule has 1 aliphatic heterocycles. The van der Waals surface area contributed by atoms with Crippen molar-refractivity contribution in [1.82, 2.24) is 4.90 Å². The minimum absolute atomic E-state index is 0.0454. The molecule has 1 heterocycles. The molecule has 1 saturated heterocycles. The van der Waals surface area contributed by atoms with Crippen molar-refractivity contribution in [2.24, 2.45) is 0 Å². The summed E-state index contributed by atoms with van der Waals surface area (Å²) in [5.41, 5.74) is 0.974. The Morgan fingerprint density at radius 1 is 1.24 bits per heavy atom. The zero-order valence-corrected chi connectivity index (χ0v) is 12.4. The summed E-state index contributed by atoms with van der Waals surface area (Å²) in [6.07, 6.45) is 0.860. The second-order valence-corrected chi connectivity index (χ2v) is 5.52. The molecule has 0 radical (unpaired) electrons. The number of carbonyl (C=O) groups excluding carboxylic acids is 1. The fourth-order valence-corrected chi connectivity index (χ4v) is 2.73. The van der Waals surface area contributed by atoms with Crippen molar-refractivity contribution in [3.8, 4) is 0 Å². The van der Waals surface area contributed by atoms with Crippen LogP contribution >= 0.6 is 0 Å². The number of hydrogen-bond acceptors (Lipinski definition) is 3. The summed E-state index contributed by atoms with van der Waals surface area (Å²) in [6, 6.07) is 6.83. The third kappa shape index (κ3) is 4.04. The van der Waals surface area contributed by atoms with Gasteiger partial charge in [-0.2, -0.15) is 0 Å². The number of carboxylic acid groups (broad SMARTS) is 1. The molecule has 5 heteroatoms. The van der Waals surface area contributed by atoms with Crippen LogP contribution in [0.25, 0.3) is 0 Å². The lowest BCUT2D eigenvalue weighted by Gasteiger charge is -2.35. The van der Waals surface area contributed by atoms with Gasteiger partial charge in [-0.25, -0.2) is 4.79 Å². The van der Waals surface area contributed by atoms with Crippen LogP contribution in [0.5, 0.6) is 0 Å². The lowest BCUT2D eigenvalue weighted by atomic mass is 10.0. The summed E-state index contributed by atoms with van der Waals surface area (Å²) in [5.74, 6) is -0.899. The number of hydrogen-bond donors (Lipinski definition) is 1. The molecular weight excluding hydrogens is 270 g/mol. The predicted molar refractivity (Wildman–Crippen MR) is 78.3 cm³/mol. The molecule has 0 bridgehead atoms. The van der Waals surface area contributed by atoms with E-state index in [-0.39, 0.29) is 23.7 Å². The van der Waals surface area contributed by atoms with Gasteiger partial charge in [-0.15, -0.1) is 0 Å². The third-order valence-corrected chi connectivity index (χ3v) is 3.63. The van der Waals surface area contributed by atoms with Crippen molar-refractivity contribution < 1.29 is 19.4 Å². The van der Waals surface area contributed by atoms with Gasteiger partial charge in [-0.05, 0) is 31.9 Å². The number of nitrogens with zero attached hydrogens (tertiary/aromatic N) is 1. The Balaban J connectivity index is 1.97. The smallest absolute Gasteiger partial charge is 0.335 e. The molecule has 2 rings (SSSR count). The van der Waals surface area contributed by atoms with E-state index < -0.39 is 5.97 Å². The summed E-state index contributed by atoms with van der Waals surface area (Å²) in [7, 11) is 0. The quantitative estimate of drug-likeness (QED) is 0.920. The zero-order chi connectivity index (χ0) is 15.4. The van der Waals surface area contributed by atoms with Gasteiger partial charge in [0, 0.05) is 19.5 Å². The molecule has 1 aromatic carbocycles. The Morgan fingerprint density at radius 2 is 1.86 bits per heavy atom. The molecule has 0 aliphatic carbocycles. The molecule has 0 aromatic heterocycles. The van der Waals surface area contributed by atoms with Crippen LogP contribution in [-0.2, 0) is 16.0 Å². The Labute approximate surface area is 124 Å². The first-order chi connectivity index (χ1) is 9.97. The maximum absolute atomic E-state index is 12.3. The van der Waals surface area contributed by atoms with Crippen molar-refractivity contribution in [1.29, 1.82) is 0 Å². The number of carboxylic acids is 1. The summed E-state index contributed by atoms with van der Waals surface area (Å²) >= 11 is 0. The van der Waals surface area contributed by atoms with E-state index in [0.717, 1.165) is 0 Å². The number of ether oxygens (including phenoxy) is 1. The highest BCUT2D eigenvalue weighted by molar-refractivity contribution is 5.89. The van der Waals surface area contributed by atoms with E-state index in [9.17, 15) is 9.59 Å². The van der Waals surface area contributed by atoms with E-state index >= 15 is 0 Å². The molecule has 0 unspecified atom stereocenters. The summed E-state index contributed by atoms with van der Waals surface area (Å²) < 4.78 is 5.61. The molecule has 1 N–H and O–H groups in total. The highest BCUT2D eigenvalue weighted by Crippen LogP contribution is 2.15. The van der Waals surface area contributed by atoms with Crippen molar-refractivity contribution in [2.45, 2.75) is 38.9 Å². The number of benzene rings is 1. The first-order valence-electron chi connectivity index (χ1n) is 7.21. The van der Waals surface area contributed by atoms with Crippen molar-refractivity contribution >= 4 is 11.9 Å². The molecule has 21 heavy (non-hydrogen) atoms. The Morgan fingerprint density at radius 3 is 2.48 bits per heavy atom. The number of aryl methyl sites for hydroxylation is 1. The minimum Gasteiger partial charge on any atom is -0.478 e. The third-order valence-electron chi connectivity index (χ3n) is 3.63. The van der Waals surface area contributed by atoms with Crippen molar-refractivity contribution in [3.05, 3.63) is 35.4 Å². The lowest BCUT2D eigenvalue weighted by molar-refractivity contribution is -0.143. The van der Waals surface area contributed by atoms with Gasteiger partial charge in [0.2, 0.25) is 5.91 Å². The molecule has 0 spiro atoms. The number of rotatable bonds is 4. The Kier molecular flexibility index (Phi) is 4.96. The average Bonchev–Trinajstić information content (AvgIpc) is 2.43. The lowest BCUT2D eigenvalue weighted by Crippen LogP contribution is -2.48. The van der Waals surface area contributed by atoms with Crippen LogP contribution in [0, 0.1) is 0 Å². The number of morpholine rings is 1. The number of carbonyl (C=O) groups is 2. The Bertz CT molecular complexity index is 519. The topological polar surface area (TPSA) is 66.8 Å². The fraction of sp³-hybridized carbons (Fsp3) is 0.500. The second kappa shape index (κ2) is 6.72. The van der Waals surface area contributed by atoms with Crippen LogP contribution in [0.4, 0.5) is 0 Å². The largest absolute Gasteiger partial charge is 0.478 e. The summed E-state index contributed by atoms with van der Waals surface area (Å²) in [5, 5.41) is 9.14. The normalized spacial score (nSPS) is 22.1. The van der Waals surface area contributed by atoms with E-state index in [4.69, 9.17) is 9.84 Å². The molecular formula is C16H21NO4. The van der Waals surface area contributed by atoms with Crippen LogP contribution < -0.4 is 0 Å². The van der Waals surface area contributed by atoms with Crippen LogP contribution in [0.2, 0.25) is 0 Å². The maximum atomic E-state index is 12.3. The van der Waals surface area contributed by atoms with Crippen molar-refractivity contribution in [2.75, 3.05) is 13.1 Å². The van der Waals surface area contributed by atoms with E-state index in [0.29, 0.717) is 31.5 Å². The first-order valence-corrected chi connectivity index (χ1v) is 7.21. The number of amides is 1. The molecule has 1 aliphatic rings. The highest BCUT2D eigenvalue weighted by atomic mass is 16.5. The van der Waals surface area contributed by atoms with Gasteiger partial charge in [-0.3, -0.25) is 4.79 Å². The van der Waals surface area contributed by atoms with Gasteiger partial charge in [0.25, 0.3) is 0 Å². The molecule has 114 valence electrons. The Hall–Kier alpha value is -1.88. The molecule has 1 amide bonds. The SMILES string of the molecule is C[C@@H]1CN(C(=O)CCc2ccccc2C(=O)O)C[C@H](C)O1. The molecule has 1 aromatic rings. The molecule has 0 saturated carbocycles. The van der Waals surface area contributed by atoms with Gasteiger partial charge in [0.05, 0.1) is 17.8 Å². The molecule has 2 atom stereocenters. The summed E-state index contributed by atoms with van der Waals surface area (Å²) in [4.78, 5) is 25.2. The van der Waals surface area contributed by atoms with Crippen LogP contribution in [-0.4, -0.2) is 47.2 Å². The monoisotopic (exact) mass is 291 g/mol. The first kappa shape index (κ1) is 15.5. The molecule has 1 fully saturated rings. The van der Waals surface area contributed by atoms with Crippen LogP contribution in [0.1, 0.15) is 36.2 Å². The van der Waals surface area contributed by atoms with Gasteiger partial charge in [-0.1, -0.05) is 18.2 Å². The van der Waals surface area contributed by atoms with Crippen molar-refractivity contribution in [3.63, 3.8) is 0 Å². The van der Waals surface area contributed by atoms with Crippen LogP contribution in [0.3, 0.4) is 0 Å². The number of aromatic carboxylic acids is 1. The van der Waals surface area contributed by atoms with E-state index in [1.165, 1.54) is 0 Å².